The number of aliphatic carboxylic acids is 1. The number of aryl methyl sites for hydroxylation is 1. The van der Waals surface area contributed by atoms with E-state index in [1.807, 2.05) is 20.8 Å². The number of carbonyl (C=O) groups is 2. The van der Waals surface area contributed by atoms with Crippen LogP contribution in [0.4, 0.5) is 5.95 Å². The molecule has 2 unspecified atom stereocenters. The molecule has 2 fully saturated rings. The van der Waals surface area contributed by atoms with Crippen molar-refractivity contribution < 1.29 is 14.7 Å². The Labute approximate surface area is 120 Å². The molecule has 3 atom stereocenters. The van der Waals surface area contributed by atoms with Crippen molar-refractivity contribution in [1.29, 1.82) is 0 Å². The molecule has 3 rings (SSSR count). The zero-order valence-corrected chi connectivity index (χ0v) is 12.2. The number of hydrogen-bond donors (Lipinski definition) is 3. The second-order valence-electron chi connectivity index (χ2n) is 5.61. The molecule has 0 saturated carbocycles. The zero-order chi connectivity index (χ0) is 14.7. The van der Waals surface area contributed by atoms with Gasteiger partial charge in [0.25, 0.3) is 0 Å². The van der Waals surface area contributed by atoms with Gasteiger partial charge in [0.1, 0.15) is 17.5 Å². The Bertz CT molecular complexity index is 585. The molecule has 1 aromatic heterocycles. The molecule has 2 saturated heterocycles. The van der Waals surface area contributed by atoms with Crippen molar-refractivity contribution in [3.63, 3.8) is 0 Å². The number of anilines is 1. The van der Waals surface area contributed by atoms with E-state index < -0.39 is 22.8 Å². The standard InChI is InChI=1S/C12H16N4O3S/c1-5-4-13-11(14-5)15-6-8(17)16-7(10(18)19)12(2,3)20-9(6)16/h4,6-7,9H,1-3H3,(H,18,19)(H2,13,14,15)/t6?,7?,9-/m0/s1. The van der Waals surface area contributed by atoms with Crippen molar-refractivity contribution >= 4 is 29.6 Å². The number of carboxylic acid groups (broad SMARTS) is 1. The van der Waals surface area contributed by atoms with Crippen LogP contribution in [0.3, 0.4) is 0 Å². The lowest BCUT2D eigenvalue weighted by atomic mass is 9.96. The fourth-order valence-electron chi connectivity index (χ4n) is 2.78. The number of hydrogen-bond acceptors (Lipinski definition) is 5. The Morgan fingerprint density at radius 2 is 2.30 bits per heavy atom. The van der Waals surface area contributed by atoms with Gasteiger partial charge in [-0.15, -0.1) is 11.8 Å². The monoisotopic (exact) mass is 296 g/mol. The number of carboxylic acids is 1. The zero-order valence-electron chi connectivity index (χ0n) is 11.4. The lowest BCUT2D eigenvalue weighted by Crippen LogP contribution is -2.68. The summed E-state index contributed by atoms with van der Waals surface area (Å²) in [5.74, 6) is -0.599. The maximum Gasteiger partial charge on any atom is 0.327 e. The number of carbonyl (C=O) groups excluding carboxylic acids is 1. The second-order valence-corrected chi connectivity index (χ2v) is 7.38. The van der Waals surface area contributed by atoms with E-state index in [2.05, 4.69) is 15.3 Å². The van der Waals surface area contributed by atoms with E-state index in [1.54, 1.807) is 6.20 Å². The third-order valence-electron chi connectivity index (χ3n) is 3.67. The normalized spacial score (nSPS) is 30.9. The van der Waals surface area contributed by atoms with Gasteiger partial charge in [-0.2, -0.15) is 0 Å². The number of rotatable bonds is 3. The van der Waals surface area contributed by atoms with E-state index >= 15 is 0 Å². The van der Waals surface area contributed by atoms with Crippen LogP contribution in [0.25, 0.3) is 0 Å². The lowest BCUT2D eigenvalue weighted by molar-refractivity contribution is -0.158. The van der Waals surface area contributed by atoms with E-state index in [9.17, 15) is 14.7 Å². The minimum Gasteiger partial charge on any atom is -0.480 e. The first kappa shape index (κ1) is 13.3. The number of fused-ring (bicyclic) bond motifs is 1. The molecule has 2 aliphatic rings. The van der Waals surface area contributed by atoms with Crippen molar-refractivity contribution in [2.24, 2.45) is 0 Å². The minimum absolute atomic E-state index is 0.163. The van der Waals surface area contributed by atoms with Crippen LogP contribution >= 0.6 is 11.8 Å². The van der Waals surface area contributed by atoms with Crippen molar-refractivity contribution in [3.8, 4) is 0 Å². The fraction of sp³-hybridized carbons (Fsp3) is 0.583. The second kappa shape index (κ2) is 4.15. The molecular weight excluding hydrogens is 280 g/mol. The molecule has 0 radical (unpaired) electrons. The maximum atomic E-state index is 12.2. The molecule has 8 heteroatoms. The van der Waals surface area contributed by atoms with Crippen LogP contribution in [-0.4, -0.2) is 54.1 Å². The first-order chi connectivity index (χ1) is 9.31. The Balaban J connectivity index is 1.79. The fourth-order valence-corrected chi connectivity index (χ4v) is 4.41. The SMILES string of the molecule is Cc1c[nH]c(NC2C(=O)N3C(C(=O)O)C(C)(C)S[C@@H]23)n1. The van der Waals surface area contributed by atoms with E-state index in [4.69, 9.17) is 0 Å². The van der Waals surface area contributed by atoms with Gasteiger partial charge in [0.2, 0.25) is 11.9 Å². The molecule has 3 N–H and O–H groups in total. The molecule has 0 aliphatic carbocycles. The van der Waals surface area contributed by atoms with Crippen molar-refractivity contribution in [1.82, 2.24) is 14.9 Å². The van der Waals surface area contributed by atoms with Crippen LogP contribution in [0.1, 0.15) is 19.5 Å². The molecule has 1 amide bonds. The molecular formula is C12H16N4O3S. The van der Waals surface area contributed by atoms with Gasteiger partial charge in [-0.3, -0.25) is 4.79 Å². The van der Waals surface area contributed by atoms with E-state index in [-0.39, 0.29) is 11.3 Å². The minimum atomic E-state index is -0.953. The van der Waals surface area contributed by atoms with Crippen LogP contribution in [0.5, 0.6) is 0 Å². The van der Waals surface area contributed by atoms with Crippen LogP contribution < -0.4 is 5.32 Å². The summed E-state index contributed by atoms with van der Waals surface area (Å²) in [6.07, 6.45) is 1.75. The summed E-state index contributed by atoms with van der Waals surface area (Å²) in [5.41, 5.74) is 0.832. The number of imidazole rings is 1. The summed E-state index contributed by atoms with van der Waals surface area (Å²) in [6.45, 7) is 5.57. The highest BCUT2D eigenvalue weighted by atomic mass is 32.2. The number of nitrogens with one attached hydrogen (secondary N) is 2. The number of aromatic nitrogens is 2. The van der Waals surface area contributed by atoms with Crippen molar-refractivity contribution in [3.05, 3.63) is 11.9 Å². The van der Waals surface area contributed by atoms with Gasteiger partial charge in [0.05, 0.1) is 5.69 Å². The number of β-lactam (4-membered cyclic amide) rings is 1. The molecule has 0 spiro atoms. The lowest BCUT2D eigenvalue weighted by Gasteiger charge is -2.43. The van der Waals surface area contributed by atoms with Gasteiger partial charge < -0.3 is 20.3 Å². The molecule has 108 valence electrons. The molecule has 1 aromatic rings. The number of H-pyrrole nitrogens is 1. The van der Waals surface area contributed by atoms with Gasteiger partial charge >= 0.3 is 5.97 Å². The van der Waals surface area contributed by atoms with E-state index in [0.717, 1.165) is 5.69 Å². The van der Waals surface area contributed by atoms with Crippen molar-refractivity contribution in [2.75, 3.05) is 5.32 Å². The average molecular weight is 296 g/mol. The van der Waals surface area contributed by atoms with E-state index in [0.29, 0.717) is 5.95 Å². The predicted molar refractivity (Wildman–Crippen MR) is 74.5 cm³/mol. The molecule has 0 aromatic carbocycles. The van der Waals surface area contributed by atoms with Crippen LogP contribution in [-0.2, 0) is 9.59 Å². The first-order valence-electron chi connectivity index (χ1n) is 6.32. The first-order valence-corrected chi connectivity index (χ1v) is 7.20. The van der Waals surface area contributed by atoms with Crippen LogP contribution in [0, 0.1) is 6.92 Å². The Morgan fingerprint density at radius 3 is 2.85 bits per heavy atom. The number of nitrogens with zero attached hydrogens (tertiary/aromatic N) is 2. The highest BCUT2D eigenvalue weighted by Crippen LogP contribution is 2.51. The maximum absolute atomic E-state index is 12.2. The summed E-state index contributed by atoms with van der Waals surface area (Å²) in [7, 11) is 0. The van der Waals surface area contributed by atoms with Gasteiger partial charge in [-0.25, -0.2) is 9.78 Å². The molecule has 3 heterocycles. The summed E-state index contributed by atoms with van der Waals surface area (Å²) in [5, 5.41) is 12.2. The Hall–Kier alpha value is -1.70. The quantitative estimate of drug-likeness (QED) is 0.708. The summed E-state index contributed by atoms with van der Waals surface area (Å²) < 4.78 is -0.498. The molecule has 7 nitrogen and oxygen atoms in total. The Morgan fingerprint density at radius 1 is 1.60 bits per heavy atom. The highest BCUT2D eigenvalue weighted by molar-refractivity contribution is 8.01. The Kier molecular flexibility index (Phi) is 2.75. The smallest absolute Gasteiger partial charge is 0.327 e. The predicted octanol–water partition coefficient (Wildman–Crippen LogP) is 0.646. The van der Waals surface area contributed by atoms with E-state index in [1.165, 1.54) is 16.7 Å². The number of amides is 1. The third kappa shape index (κ3) is 1.78. The van der Waals surface area contributed by atoms with Gasteiger partial charge in [-0.1, -0.05) is 0 Å². The highest BCUT2D eigenvalue weighted by Gasteiger charge is 2.64. The average Bonchev–Trinajstić information content (AvgIpc) is 2.85. The van der Waals surface area contributed by atoms with Crippen LogP contribution in [0.2, 0.25) is 0 Å². The van der Waals surface area contributed by atoms with Gasteiger partial charge in [0.15, 0.2) is 0 Å². The van der Waals surface area contributed by atoms with Crippen LogP contribution in [0.15, 0.2) is 6.20 Å². The van der Waals surface area contributed by atoms with Gasteiger partial charge in [-0.05, 0) is 20.8 Å². The summed E-state index contributed by atoms with van der Waals surface area (Å²) >= 11 is 1.51. The molecule has 20 heavy (non-hydrogen) atoms. The number of thioether (sulfide) groups is 1. The largest absolute Gasteiger partial charge is 0.480 e. The topological polar surface area (TPSA) is 98.3 Å². The van der Waals surface area contributed by atoms with Gasteiger partial charge in [0, 0.05) is 10.9 Å². The summed E-state index contributed by atoms with van der Waals surface area (Å²) in [4.78, 5) is 32.2. The summed E-state index contributed by atoms with van der Waals surface area (Å²) in [6, 6.07) is -1.20. The molecule has 2 aliphatic heterocycles. The van der Waals surface area contributed by atoms with Crippen molar-refractivity contribution in [2.45, 2.75) is 43.0 Å². The third-order valence-corrected chi connectivity index (χ3v) is 5.24. The number of aromatic amines is 1. The molecule has 0 bridgehead atoms.